The molecule has 240 valence electrons. The van der Waals surface area contributed by atoms with Crippen molar-refractivity contribution < 1.29 is 4.74 Å². The van der Waals surface area contributed by atoms with Crippen LogP contribution in [0.5, 0.6) is 5.75 Å². The van der Waals surface area contributed by atoms with Crippen LogP contribution in [0.1, 0.15) is 55.2 Å². The Balaban J connectivity index is 1.13. The van der Waals surface area contributed by atoms with E-state index in [4.69, 9.17) is 9.72 Å². The molecule has 7 rings (SSSR count). The summed E-state index contributed by atoms with van der Waals surface area (Å²) < 4.78 is 5.97. The Labute approximate surface area is 271 Å². The number of aromatic nitrogens is 4. The van der Waals surface area contributed by atoms with Gasteiger partial charge in [0.15, 0.2) is 0 Å². The molecular weight excluding hydrogens is 574 g/mol. The molecule has 3 aliphatic rings. The van der Waals surface area contributed by atoms with Crippen LogP contribution in [-0.2, 0) is 6.42 Å². The number of piperidine rings is 1. The van der Waals surface area contributed by atoms with E-state index >= 15 is 0 Å². The summed E-state index contributed by atoms with van der Waals surface area (Å²) in [6.07, 6.45) is 12.7. The average Bonchev–Trinajstić information content (AvgIpc) is 3.94. The molecule has 3 fully saturated rings. The topological polar surface area (TPSA) is 94.6 Å². The van der Waals surface area contributed by atoms with Gasteiger partial charge in [-0.1, -0.05) is 19.6 Å². The number of methoxy groups -OCH3 is 1. The molecule has 4 heterocycles. The largest absolute Gasteiger partial charge is 0.494 e. The highest BCUT2D eigenvalue weighted by Gasteiger charge is 2.32. The van der Waals surface area contributed by atoms with Crippen LogP contribution in [0.2, 0.25) is 0 Å². The molecule has 2 saturated heterocycles. The molecule has 1 aliphatic carbocycles. The third kappa shape index (κ3) is 6.24. The summed E-state index contributed by atoms with van der Waals surface area (Å²) in [5, 5.41) is 7.03. The highest BCUT2D eigenvalue weighted by molar-refractivity contribution is 5.85. The molecular formula is C36H45N9O. The van der Waals surface area contributed by atoms with Gasteiger partial charge in [-0.05, 0) is 68.8 Å². The van der Waals surface area contributed by atoms with Gasteiger partial charge in [0, 0.05) is 92.5 Å². The molecule has 1 saturated carbocycles. The van der Waals surface area contributed by atoms with E-state index in [0.717, 1.165) is 58.8 Å². The molecule has 0 atom stereocenters. The Morgan fingerprint density at radius 2 is 1.72 bits per heavy atom. The molecule has 0 unspecified atom stereocenters. The number of aryl methyl sites for hydroxylation is 1. The fourth-order valence-electron chi connectivity index (χ4n) is 7.02. The Morgan fingerprint density at radius 3 is 2.43 bits per heavy atom. The van der Waals surface area contributed by atoms with E-state index in [0.29, 0.717) is 23.7 Å². The number of hydrogen-bond donors (Lipinski definition) is 2. The summed E-state index contributed by atoms with van der Waals surface area (Å²) in [4.78, 5) is 26.4. The third-order valence-electron chi connectivity index (χ3n) is 9.86. The van der Waals surface area contributed by atoms with Gasteiger partial charge < -0.3 is 25.2 Å². The first-order valence-corrected chi connectivity index (χ1v) is 16.7. The van der Waals surface area contributed by atoms with Crippen LogP contribution < -0.4 is 20.3 Å². The first kappa shape index (κ1) is 30.4. The van der Waals surface area contributed by atoms with Crippen molar-refractivity contribution >= 4 is 45.9 Å². The summed E-state index contributed by atoms with van der Waals surface area (Å²) in [5.74, 6) is 2.55. The third-order valence-corrected chi connectivity index (χ3v) is 9.86. The van der Waals surface area contributed by atoms with Crippen LogP contribution in [0, 0.1) is 0 Å². The average molecular weight is 620 g/mol. The number of ether oxygens (including phenoxy) is 1. The van der Waals surface area contributed by atoms with Gasteiger partial charge in [-0.2, -0.15) is 4.98 Å². The second kappa shape index (κ2) is 13.2. The fraction of sp³-hybridized carbons (Fsp3) is 0.444. The summed E-state index contributed by atoms with van der Waals surface area (Å²) in [6, 6.07) is 9.21. The number of hydrogen-bond acceptors (Lipinski definition) is 10. The van der Waals surface area contributed by atoms with Gasteiger partial charge >= 0.3 is 0 Å². The first-order valence-electron chi connectivity index (χ1n) is 16.7. The van der Waals surface area contributed by atoms with Crippen molar-refractivity contribution in [1.82, 2.24) is 29.7 Å². The van der Waals surface area contributed by atoms with Crippen LogP contribution in [0.3, 0.4) is 0 Å². The normalized spacial score (nSPS) is 18.1. The molecule has 0 amide bonds. The minimum Gasteiger partial charge on any atom is -0.494 e. The molecule has 10 nitrogen and oxygen atoms in total. The molecule has 2 aromatic carbocycles. The number of likely N-dealkylation sites (N-methyl/N-ethyl adjacent to an activating group) is 1. The van der Waals surface area contributed by atoms with Crippen LogP contribution in [0.25, 0.3) is 17.1 Å². The summed E-state index contributed by atoms with van der Waals surface area (Å²) in [6.45, 7) is 13.0. The molecule has 2 N–H and O–H groups in total. The molecule has 0 spiro atoms. The Bertz CT molecular complexity index is 1710. The Kier molecular flexibility index (Phi) is 8.73. The van der Waals surface area contributed by atoms with Gasteiger partial charge in [0.05, 0.1) is 23.8 Å². The molecule has 2 aromatic heterocycles. The predicted octanol–water partition coefficient (Wildman–Crippen LogP) is 6.21. The molecule has 10 heteroatoms. The van der Waals surface area contributed by atoms with Crippen LogP contribution in [0.15, 0.2) is 49.4 Å². The Morgan fingerprint density at radius 1 is 0.935 bits per heavy atom. The van der Waals surface area contributed by atoms with E-state index in [-0.39, 0.29) is 0 Å². The standard InChI is InChI=1S/C36H45N9O/c1-5-24-23-39-36(42-35(24)40-29-9-10-30-34(27(29)6-2)38-14-13-37-30)41-31-21-28(25-7-8-25)32(22-33(31)46-4)45-15-11-26(12-16-45)44-19-17-43(3)18-20-44/h5,9-10,13-14,21-23,25-26H,1,6-8,11-12,15-20H2,2-4H3,(H2,39,40,41,42). The SMILES string of the molecule is C=Cc1cnc(Nc2cc(C3CC3)c(N3CCC(N4CCN(C)CC4)CC3)cc2OC)nc1Nc1ccc2nccnc2c1CC. The fourth-order valence-corrected chi connectivity index (χ4v) is 7.02. The summed E-state index contributed by atoms with van der Waals surface area (Å²) in [5.41, 5.74) is 8.21. The monoisotopic (exact) mass is 619 g/mol. The maximum Gasteiger partial charge on any atom is 0.229 e. The maximum absolute atomic E-state index is 5.97. The van der Waals surface area contributed by atoms with Gasteiger partial charge in [-0.15, -0.1) is 0 Å². The van der Waals surface area contributed by atoms with Crippen molar-refractivity contribution in [3.05, 3.63) is 66.1 Å². The van der Waals surface area contributed by atoms with E-state index in [1.165, 1.54) is 63.1 Å². The highest BCUT2D eigenvalue weighted by Crippen LogP contribution is 2.48. The number of anilines is 5. The first-order chi connectivity index (χ1) is 22.5. The molecule has 0 radical (unpaired) electrons. The number of nitrogens with one attached hydrogen (secondary N) is 2. The molecule has 4 aromatic rings. The van der Waals surface area contributed by atoms with E-state index in [2.05, 4.69) is 73.0 Å². The van der Waals surface area contributed by atoms with Crippen LogP contribution in [0.4, 0.5) is 28.8 Å². The number of benzene rings is 2. The zero-order valence-corrected chi connectivity index (χ0v) is 27.3. The lowest BCUT2D eigenvalue weighted by Gasteiger charge is -2.43. The number of nitrogens with zero attached hydrogens (tertiary/aromatic N) is 7. The van der Waals surface area contributed by atoms with Crippen LogP contribution in [-0.4, -0.2) is 89.2 Å². The second-order valence-electron chi connectivity index (χ2n) is 12.8. The lowest BCUT2D eigenvalue weighted by molar-refractivity contribution is 0.0982. The lowest BCUT2D eigenvalue weighted by atomic mass is 9.99. The van der Waals surface area contributed by atoms with E-state index in [1.807, 2.05) is 12.1 Å². The zero-order valence-electron chi connectivity index (χ0n) is 27.3. The number of piperazine rings is 1. The van der Waals surface area contributed by atoms with Gasteiger partial charge in [0.2, 0.25) is 5.95 Å². The predicted molar refractivity (Wildman–Crippen MR) is 187 cm³/mol. The smallest absolute Gasteiger partial charge is 0.229 e. The van der Waals surface area contributed by atoms with Crippen molar-refractivity contribution in [2.24, 2.45) is 0 Å². The lowest BCUT2D eigenvalue weighted by Crippen LogP contribution is -2.52. The highest BCUT2D eigenvalue weighted by atomic mass is 16.5. The number of rotatable bonds is 10. The van der Waals surface area contributed by atoms with Crippen molar-refractivity contribution in [3.63, 3.8) is 0 Å². The quantitative estimate of drug-likeness (QED) is 0.213. The van der Waals surface area contributed by atoms with Gasteiger partial charge in [-0.3, -0.25) is 14.9 Å². The second-order valence-corrected chi connectivity index (χ2v) is 12.8. The van der Waals surface area contributed by atoms with Crippen molar-refractivity contribution in [2.45, 2.75) is 51.0 Å². The summed E-state index contributed by atoms with van der Waals surface area (Å²) >= 11 is 0. The van der Waals surface area contributed by atoms with Gasteiger partial charge in [-0.25, -0.2) is 4.98 Å². The van der Waals surface area contributed by atoms with E-state index < -0.39 is 0 Å². The zero-order chi connectivity index (χ0) is 31.6. The summed E-state index contributed by atoms with van der Waals surface area (Å²) in [7, 11) is 3.97. The van der Waals surface area contributed by atoms with Gasteiger partial charge in [0.25, 0.3) is 0 Å². The Hall–Kier alpha value is -4.28. The maximum atomic E-state index is 5.97. The van der Waals surface area contributed by atoms with E-state index in [9.17, 15) is 0 Å². The van der Waals surface area contributed by atoms with Crippen molar-refractivity contribution in [2.75, 3.05) is 69.0 Å². The molecule has 2 aliphatic heterocycles. The molecule has 46 heavy (non-hydrogen) atoms. The van der Waals surface area contributed by atoms with Gasteiger partial charge in [0.1, 0.15) is 11.6 Å². The van der Waals surface area contributed by atoms with Crippen molar-refractivity contribution in [1.29, 1.82) is 0 Å². The molecule has 0 bridgehead atoms. The van der Waals surface area contributed by atoms with E-state index in [1.54, 1.807) is 31.8 Å². The van der Waals surface area contributed by atoms with Crippen LogP contribution >= 0.6 is 0 Å². The minimum atomic E-state index is 0.493. The minimum absolute atomic E-state index is 0.493. The van der Waals surface area contributed by atoms with Crippen molar-refractivity contribution in [3.8, 4) is 5.75 Å². The number of fused-ring (bicyclic) bond motifs is 1.